The van der Waals surface area contributed by atoms with E-state index in [2.05, 4.69) is 15.3 Å². The van der Waals surface area contributed by atoms with Gasteiger partial charge < -0.3 is 5.11 Å². The lowest BCUT2D eigenvalue weighted by Gasteiger charge is -2.10. The maximum atomic E-state index is 10.8. The molecule has 3 rings (SSSR count). The number of aliphatic carboxylic acids is 1. The first-order valence-corrected chi connectivity index (χ1v) is 8.02. The lowest BCUT2D eigenvalue weighted by Crippen LogP contribution is -2.09. The number of benzene rings is 1. The third-order valence-electron chi connectivity index (χ3n) is 2.95. The van der Waals surface area contributed by atoms with Gasteiger partial charge in [0.15, 0.2) is 11.0 Å². The van der Waals surface area contributed by atoms with Crippen molar-refractivity contribution in [1.29, 1.82) is 0 Å². The van der Waals surface area contributed by atoms with Crippen LogP contribution in [0.15, 0.2) is 47.9 Å². The van der Waals surface area contributed by atoms with E-state index in [1.54, 1.807) is 27.6 Å². The Hall–Kier alpha value is -2.32. The molecule has 118 valence electrons. The zero-order valence-electron chi connectivity index (χ0n) is 11.8. The van der Waals surface area contributed by atoms with Crippen molar-refractivity contribution < 1.29 is 9.90 Å². The summed E-state index contributed by atoms with van der Waals surface area (Å²) < 4.78 is 3.51. The number of carboxylic acids is 1. The molecule has 0 aliphatic carbocycles. The minimum absolute atomic E-state index is 0.0968. The van der Waals surface area contributed by atoms with Crippen LogP contribution in [0.4, 0.5) is 0 Å². The number of halogens is 1. The number of nitrogens with zero attached hydrogens (tertiary/aromatic N) is 5. The number of carboxylic acid groups (broad SMARTS) is 1. The molecule has 1 N–H and O–H groups in total. The molecule has 0 atom stereocenters. The third kappa shape index (κ3) is 3.72. The summed E-state index contributed by atoms with van der Waals surface area (Å²) in [6.45, 7) is 0.417. The van der Waals surface area contributed by atoms with Gasteiger partial charge in [0.05, 0.1) is 11.4 Å². The SMILES string of the molecule is O=C(O)CSc1nnc(Cn2cccn2)n1-c1cccc(Cl)c1. The predicted octanol–water partition coefficient (Wildman–Crippen LogP) is 2.34. The Balaban J connectivity index is 2.00. The topological polar surface area (TPSA) is 85.8 Å². The van der Waals surface area contributed by atoms with Crippen LogP contribution in [0.3, 0.4) is 0 Å². The van der Waals surface area contributed by atoms with Gasteiger partial charge in [-0.05, 0) is 24.3 Å². The van der Waals surface area contributed by atoms with Gasteiger partial charge in [0.25, 0.3) is 0 Å². The van der Waals surface area contributed by atoms with E-state index in [1.165, 1.54) is 0 Å². The zero-order valence-corrected chi connectivity index (χ0v) is 13.4. The lowest BCUT2D eigenvalue weighted by molar-refractivity contribution is -0.133. The zero-order chi connectivity index (χ0) is 16.2. The van der Waals surface area contributed by atoms with Crippen LogP contribution < -0.4 is 0 Å². The van der Waals surface area contributed by atoms with Gasteiger partial charge in [-0.3, -0.25) is 14.0 Å². The van der Waals surface area contributed by atoms with Crippen molar-refractivity contribution in [2.75, 3.05) is 5.75 Å². The molecular formula is C14H12ClN5O2S. The van der Waals surface area contributed by atoms with Crippen molar-refractivity contribution in [2.24, 2.45) is 0 Å². The van der Waals surface area contributed by atoms with Crippen LogP contribution in [0, 0.1) is 0 Å². The highest BCUT2D eigenvalue weighted by atomic mass is 35.5. The van der Waals surface area contributed by atoms with Crippen molar-refractivity contribution in [3.63, 3.8) is 0 Å². The monoisotopic (exact) mass is 349 g/mol. The quantitative estimate of drug-likeness (QED) is 0.687. The summed E-state index contributed by atoms with van der Waals surface area (Å²) in [5, 5.41) is 22.4. The van der Waals surface area contributed by atoms with Gasteiger partial charge in [0, 0.05) is 17.4 Å². The van der Waals surface area contributed by atoms with E-state index in [4.69, 9.17) is 16.7 Å². The molecule has 0 bridgehead atoms. The highest BCUT2D eigenvalue weighted by molar-refractivity contribution is 7.99. The molecule has 9 heteroatoms. The standard InChI is InChI=1S/C14H12ClN5O2S/c15-10-3-1-4-11(7-10)20-12(8-19-6-2-5-16-19)17-18-14(20)23-9-13(21)22/h1-7H,8-9H2,(H,21,22). The van der Waals surface area contributed by atoms with Gasteiger partial charge in [-0.1, -0.05) is 29.4 Å². The summed E-state index contributed by atoms with van der Waals surface area (Å²) in [7, 11) is 0. The molecule has 0 unspecified atom stereocenters. The number of rotatable bonds is 6. The average molecular weight is 350 g/mol. The van der Waals surface area contributed by atoms with Crippen LogP contribution in [0.2, 0.25) is 5.02 Å². The third-order valence-corrected chi connectivity index (χ3v) is 4.10. The summed E-state index contributed by atoms with van der Waals surface area (Å²) in [4.78, 5) is 10.8. The minimum atomic E-state index is -0.913. The Morgan fingerprint density at radius 2 is 2.17 bits per heavy atom. The molecule has 0 fully saturated rings. The maximum Gasteiger partial charge on any atom is 0.313 e. The first-order valence-electron chi connectivity index (χ1n) is 6.66. The minimum Gasteiger partial charge on any atom is -0.481 e. The van der Waals surface area contributed by atoms with E-state index >= 15 is 0 Å². The molecule has 1 aromatic carbocycles. The Morgan fingerprint density at radius 1 is 1.30 bits per heavy atom. The Kier molecular flexibility index (Phi) is 4.63. The number of carbonyl (C=O) groups is 1. The molecule has 3 aromatic rings. The van der Waals surface area contributed by atoms with E-state index in [0.29, 0.717) is 22.5 Å². The fraction of sp³-hybridized carbons (Fsp3) is 0.143. The number of thioether (sulfide) groups is 1. The van der Waals surface area contributed by atoms with Crippen LogP contribution in [0.1, 0.15) is 5.82 Å². The molecule has 2 aromatic heterocycles. The van der Waals surface area contributed by atoms with Crippen molar-refractivity contribution in [3.05, 3.63) is 53.6 Å². The molecule has 0 saturated heterocycles. The van der Waals surface area contributed by atoms with E-state index in [0.717, 1.165) is 17.4 Å². The Bertz CT molecular complexity index is 818. The average Bonchev–Trinajstić information content (AvgIpc) is 3.15. The van der Waals surface area contributed by atoms with Crippen LogP contribution in [0.5, 0.6) is 0 Å². The van der Waals surface area contributed by atoms with Gasteiger partial charge in [-0.2, -0.15) is 5.10 Å². The molecule has 0 saturated carbocycles. The number of hydrogen-bond donors (Lipinski definition) is 1. The number of aromatic nitrogens is 5. The van der Waals surface area contributed by atoms with Gasteiger partial charge in [-0.25, -0.2) is 0 Å². The summed E-state index contributed by atoms with van der Waals surface area (Å²) in [5.74, 6) is -0.367. The largest absolute Gasteiger partial charge is 0.481 e. The summed E-state index contributed by atoms with van der Waals surface area (Å²) in [6, 6.07) is 9.06. The highest BCUT2D eigenvalue weighted by Crippen LogP contribution is 2.24. The number of hydrogen-bond acceptors (Lipinski definition) is 5. The molecule has 0 aliphatic heterocycles. The van der Waals surface area contributed by atoms with Crippen molar-refractivity contribution in [1.82, 2.24) is 24.5 Å². The molecule has 7 nitrogen and oxygen atoms in total. The first kappa shape index (κ1) is 15.6. The van der Waals surface area contributed by atoms with Crippen molar-refractivity contribution in [3.8, 4) is 5.69 Å². The summed E-state index contributed by atoms with van der Waals surface area (Å²) in [6.07, 6.45) is 3.50. The van der Waals surface area contributed by atoms with E-state index in [9.17, 15) is 4.79 Å². The molecule has 0 aliphatic rings. The molecule has 0 radical (unpaired) electrons. The van der Waals surface area contributed by atoms with Crippen LogP contribution in [0.25, 0.3) is 5.69 Å². The fourth-order valence-electron chi connectivity index (χ4n) is 2.04. The second-order valence-corrected chi connectivity index (χ2v) is 5.98. The lowest BCUT2D eigenvalue weighted by atomic mass is 10.3. The summed E-state index contributed by atoms with van der Waals surface area (Å²) in [5.41, 5.74) is 0.776. The fourth-order valence-corrected chi connectivity index (χ4v) is 2.91. The van der Waals surface area contributed by atoms with Gasteiger partial charge in [0.2, 0.25) is 0 Å². The van der Waals surface area contributed by atoms with E-state index < -0.39 is 5.97 Å². The highest BCUT2D eigenvalue weighted by Gasteiger charge is 2.16. The van der Waals surface area contributed by atoms with Gasteiger partial charge in [-0.15, -0.1) is 10.2 Å². The predicted molar refractivity (Wildman–Crippen MR) is 86.1 cm³/mol. The Labute approximate surface area is 140 Å². The van der Waals surface area contributed by atoms with E-state index in [-0.39, 0.29) is 5.75 Å². The second kappa shape index (κ2) is 6.84. The van der Waals surface area contributed by atoms with Crippen LogP contribution in [-0.2, 0) is 11.3 Å². The Morgan fingerprint density at radius 3 is 2.87 bits per heavy atom. The first-order chi connectivity index (χ1) is 11.1. The molecular weight excluding hydrogens is 338 g/mol. The maximum absolute atomic E-state index is 10.8. The molecule has 2 heterocycles. The van der Waals surface area contributed by atoms with Crippen molar-refractivity contribution >= 4 is 29.3 Å². The van der Waals surface area contributed by atoms with Crippen molar-refractivity contribution in [2.45, 2.75) is 11.7 Å². The van der Waals surface area contributed by atoms with Gasteiger partial charge in [0.1, 0.15) is 6.54 Å². The van der Waals surface area contributed by atoms with E-state index in [1.807, 2.05) is 24.4 Å². The van der Waals surface area contributed by atoms with Crippen LogP contribution in [-0.4, -0.2) is 41.4 Å². The van der Waals surface area contributed by atoms with Gasteiger partial charge >= 0.3 is 5.97 Å². The summed E-state index contributed by atoms with van der Waals surface area (Å²) >= 11 is 7.17. The molecule has 0 amide bonds. The molecule has 0 spiro atoms. The second-order valence-electron chi connectivity index (χ2n) is 4.60. The normalized spacial score (nSPS) is 10.8. The smallest absolute Gasteiger partial charge is 0.313 e. The van der Waals surface area contributed by atoms with Crippen LogP contribution >= 0.6 is 23.4 Å². The molecule has 23 heavy (non-hydrogen) atoms.